The van der Waals surface area contributed by atoms with Crippen molar-refractivity contribution in [1.29, 1.82) is 0 Å². The number of nitrogens with zero attached hydrogens (tertiary/aromatic N) is 1. The lowest BCUT2D eigenvalue weighted by Crippen LogP contribution is -1.90. The highest BCUT2D eigenvalue weighted by atomic mass is 14.6. The van der Waals surface area contributed by atoms with Gasteiger partial charge < -0.3 is 0 Å². The van der Waals surface area contributed by atoms with Gasteiger partial charge in [0.15, 0.2) is 0 Å². The molecule has 1 heterocycles. The summed E-state index contributed by atoms with van der Waals surface area (Å²) < 4.78 is 0. The molecule has 0 spiro atoms. The molecule has 19 heavy (non-hydrogen) atoms. The molecule has 1 aromatic carbocycles. The van der Waals surface area contributed by atoms with Gasteiger partial charge in [-0.2, -0.15) is 0 Å². The topological polar surface area (TPSA) is 12.9 Å². The molecule has 2 aromatic rings. The van der Waals surface area contributed by atoms with Crippen LogP contribution in [-0.2, 0) is 12.8 Å². The first-order valence-electron chi connectivity index (χ1n) is 7.03. The van der Waals surface area contributed by atoms with Crippen molar-refractivity contribution in [2.24, 2.45) is 0 Å². The van der Waals surface area contributed by atoms with Crippen LogP contribution in [0.5, 0.6) is 0 Å². The lowest BCUT2D eigenvalue weighted by molar-refractivity contribution is 0.819. The summed E-state index contributed by atoms with van der Waals surface area (Å²) in [5, 5.41) is 0. The summed E-state index contributed by atoms with van der Waals surface area (Å²) in [6, 6.07) is 13.0. The molecule has 1 nitrogen and oxygen atoms in total. The first kappa shape index (κ1) is 13.5. The van der Waals surface area contributed by atoms with E-state index < -0.39 is 0 Å². The molecule has 0 amide bonds. The van der Waals surface area contributed by atoms with Crippen LogP contribution in [-0.4, -0.2) is 4.98 Å². The molecule has 0 fully saturated rings. The molecule has 98 valence electrons. The molecular formula is C18H21N. The van der Waals surface area contributed by atoms with Crippen LogP contribution >= 0.6 is 0 Å². The van der Waals surface area contributed by atoms with Crippen molar-refractivity contribution in [3.05, 3.63) is 71.6 Å². The molecule has 0 saturated heterocycles. The van der Waals surface area contributed by atoms with Crippen molar-refractivity contribution in [2.75, 3.05) is 0 Å². The smallest absolute Gasteiger partial charge is 0.0270 e. The quantitative estimate of drug-likeness (QED) is 0.726. The number of benzene rings is 1. The summed E-state index contributed by atoms with van der Waals surface area (Å²) in [5.74, 6) is 0. The molecule has 0 aliphatic heterocycles. The van der Waals surface area contributed by atoms with Gasteiger partial charge in [-0.3, -0.25) is 4.98 Å². The van der Waals surface area contributed by atoms with Crippen molar-refractivity contribution in [3.63, 3.8) is 0 Å². The standard InChI is InChI=1S/C18H21N/c1-2-3-6-17-9-5-10-18(15-17)8-4-7-16-11-13-19-14-12-16/h3,5-6,9-15H,2,4,7-8H2,1H3/b6-3-. The van der Waals surface area contributed by atoms with Gasteiger partial charge in [0.1, 0.15) is 0 Å². The molecule has 0 atom stereocenters. The van der Waals surface area contributed by atoms with Crippen LogP contribution in [0, 0.1) is 0 Å². The van der Waals surface area contributed by atoms with Gasteiger partial charge >= 0.3 is 0 Å². The third kappa shape index (κ3) is 4.70. The van der Waals surface area contributed by atoms with Crippen LogP contribution in [0.2, 0.25) is 0 Å². The highest BCUT2D eigenvalue weighted by Gasteiger charge is 1.96. The summed E-state index contributed by atoms with van der Waals surface area (Å²) in [6.45, 7) is 2.16. The maximum atomic E-state index is 4.04. The second-order valence-electron chi connectivity index (χ2n) is 4.76. The first-order valence-corrected chi connectivity index (χ1v) is 7.03. The molecule has 0 bridgehead atoms. The number of hydrogen-bond donors (Lipinski definition) is 0. The zero-order chi connectivity index (χ0) is 13.3. The molecule has 2 rings (SSSR count). The molecular weight excluding hydrogens is 230 g/mol. The maximum Gasteiger partial charge on any atom is 0.0270 e. The van der Waals surface area contributed by atoms with Gasteiger partial charge in [-0.1, -0.05) is 43.3 Å². The summed E-state index contributed by atoms with van der Waals surface area (Å²) in [6.07, 6.45) is 12.7. The molecule has 0 aliphatic carbocycles. The van der Waals surface area contributed by atoms with E-state index in [-0.39, 0.29) is 0 Å². The monoisotopic (exact) mass is 251 g/mol. The third-order valence-corrected chi connectivity index (χ3v) is 3.18. The third-order valence-electron chi connectivity index (χ3n) is 3.18. The second kappa shape index (κ2) is 7.52. The van der Waals surface area contributed by atoms with E-state index >= 15 is 0 Å². The molecule has 1 aromatic heterocycles. The lowest BCUT2D eigenvalue weighted by atomic mass is 10.0. The highest BCUT2D eigenvalue weighted by Crippen LogP contribution is 2.11. The number of rotatable bonds is 6. The fourth-order valence-electron chi connectivity index (χ4n) is 2.15. The van der Waals surface area contributed by atoms with Crippen molar-refractivity contribution in [3.8, 4) is 0 Å². The number of pyridine rings is 1. The molecule has 0 saturated carbocycles. The Morgan fingerprint density at radius 3 is 2.58 bits per heavy atom. The summed E-state index contributed by atoms with van der Waals surface area (Å²) in [5.41, 5.74) is 4.10. The van der Waals surface area contributed by atoms with Gasteiger partial charge in [0.2, 0.25) is 0 Å². The summed E-state index contributed by atoms with van der Waals surface area (Å²) in [4.78, 5) is 4.04. The lowest BCUT2D eigenvalue weighted by Gasteiger charge is -2.03. The first-order chi connectivity index (χ1) is 9.38. The van der Waals surface area contributed by atoms with Crippen LogP contribution in [0.3, 0.4) is 0 Å². The Morgan fingerprint density at radius 1 is 1.00 bits per heavy atom. The van der Waals surface area contributed by atoms with Gasteiger partial charge in [-0.15, -0.1) is 0 Å². The van der Waals surface area contributed by atoms with Gasteiger partial charge in [-0.05, 0) is 54.5 Å². The normalized spacial score (nSPS) is 11.0. The Hall–Kier alpha value is -1.89. The number of aryl methyl sites for hydroxylation is 2. The number of allylic oxidation sites excluding steroid dienone is 1. The van der Waals surface area contributed by atoms with Crippen molar-refractivity contribution in [1.82, 2.24) is 4.98 Å². The largest absolute Gasteiger partial charge is 0.265 e. The van der Waals surface area contributed by atoms with E-state index in [9.17, 15) is 0 Å². The Bertz CT molecular complexity index is 514. The molecule has 1 heteroatoms. The predicted octanol–water partition coefficient (Wildman–Crippen LogP) is 4.68. The fraction of sp³-hybridized carbons (Fsp3) is 0.278. The van der Waals surface area contributed by atoms with Crippen LogP contribution < -0.4 is 0 Å². The van der Waals surface area contributed by atoms with Crippen LogP contribution in [0.1, 0.15) is 36.5 Å². The van der Waals surface area contributed by atoms with E-state index in [0.717, 1.165) is 19.3 Å². The van der Waals surface area contributed by atoms with E-state index in [2.05, 4.69) is 60.5 Å². The number of hydrogen-bond acceptors (Lipinski definition) is 1. The zero-order valence-electron chi connectivity index (χ0n) is 11.5. The number of aromatic nitrogens is 1. The minimum atomic E-state index is 1.09. The van der Waals surface area contributed by atoms with Crippen LogP contribution in [0.25, 0.3) is 6.08 Å². The van der Waals surface area contributed by atoms with Gasteiger partial charge in [0.25, 0.3) is 0 Å². The summed E-state index contributed by atoms with van der Waals surface area (Å²) in [7, 11) is 0. The predicted molar refractivity (Wildman–Crippen MR) is 82.0 cm³/mol. The molecule has 0 aliphatic rings. The Labute approximate surface area is 116 Å². The Morgan fingerprint density at radius 2 is 1.79 bits per heavy atom. The van der Waals surface area contributed by atoms with Gasteiger partial charge in [-0.25, -0.2) is 0 Å². The molecule has 0 radical (unpaired) electrons. The minimum absolute atomic E-state index is 1.09. The molecule has 0 unspecified atom stereocenters. The zero-order valence-corrected chi connectivity index (χ0v) is 11.5. The minimum Gasteiger partial charge on any atom is -0.265 e. The fourth-order valence-corrected chi connectivity index (χ4v) is 2.15. The highest BCUT2D eigenvalue weighted by molar-refractivity contribution is 5.50. The van der Waals surface area contributed by atoms with E-state index in [0.29, 0.717) is 0 Å². The van der Waals surface area contributed by atoms with Gasteiger partial charge in [0.05, 0.1) is 0 Å². The summed E-state index contributed by atoms with van der Waals surface area (Å²) >= 11 is 0. The van der Waals surface area contributed by atoms with Crippen LogP contribution in [0.4, 0.5) is 0 Å². The van der Waals surface area contributed by atoms with Crippen molar-refractivity contribution < 1.29 is 0 Å². The van der Waals surface area contributed by atoms with E-state index in [1.165, 1.54) is 23.1 Å². The average Bonchev–Trinajstić information content (AvgIpc) is 2.47. The second-order valence-corrected chi connectivity index (χ2v) is 4.76. The van der Waals surface area contributed by atoms with Crippen LogP contribution in [0.15, 0.2) is 54.9 Å². The SMILES string of the molecule is CC/C=C\c1cccc(CCCc2ccncc2)c1. The average molecular weight is 251 g/mol. The van der Waals surface area contributed by atoms with E-state index in [1.54, 1.807) is 0 Å². The Balaban J connectivity index is 1.87. The van der Waals surface area contributed by atoms with E-state index in [4.69, 9.17) is 0 Å². The van der Waals surface area contributed by atoms with E-state index in [1.807, 2.05) is 12.4 Å². The molecule has 0 N–H and O–H groups in total. The van der Waals surface area contributed by atoms with Crippen molar-refractivity contribution >= 4 is 6.08 Å². The van der Waals surface area contributed by atoms with Crippen molar-refractivity contribution in [2.45, 2.75) is 32.6 Å². The Kier molecular flexibility index (Phi) is 5.36. The van der Waals surface area contributed by atoms with Gasteiger partial charge in [0, 0.05) is 12.4 Å². The maximum absolute atomic E-state index is 4.04.